The zero-order valence-corrected chi connectivity index (χ0v) is 7.29. The molecule has 0 radical (unpaired) electrons. The van der Waals surface area contributed by atoms with Gasteiger partial charge in [0.05, 0.1) is 11.3 Å². The maximum atomic E-state index is 12.9. The van der Waals surface area contributed by atoms with E-state index in [-0.39, 0.29) is 0 Å². The van der Waals surface area contributed by atoms with Crippen molar-refractivity contribution in [1.82, 2.24) is 4.98 Å². The molecule has 0 aliphatic carbocycles. The van der Waals surface area contributed by atoms with Crippen molar-refractivity contribution in [3.63, 3.8) is 0 Å². The van der Waals surface area contributed by atoms with E-state index in [1.807, 2.05) is 36.4 Å². The van der Waals surface area contributed by atoms with Gasteiger partial charge in [-0.15, -0.1) is 0 Å². The number of benzene rings is 1. The third kappa shape index (κ3) is 1.38. The fourth-order valence-electron chi connectivity index (χ4n) is 1.34. The van der Waals surface area contributed by atoms with Crippen molar-refractivity contribution < 1.29 is 4.39 Å². The zero-order chi connectivity index (χ0) is 9.97. The molecule has 0 fully saturated rings. The average molecular weight is 186 g/mol. The molecule has 0 spiro atoms. The second-order valence-electron chi connectivity index (χ2n) is 2.88. The van der Waals surface area contributed by atoms with Crippen LogP contribution in [0.3, 0.4) is 0 Å². The SMILES string of the molecule is N#Cc1cc(F)[nH]c1-c1ccccc1. The van der Waals surface area contributed by atoms with Gasteiger partial charge in [-0.1, -0.05) is 30.3 Å². The molecule has 3 heteroatoms. The van der Waals surface area contributed by atoms with Gasteiger partial charge < -0.3 is 4.98 Å². The lowest BCUT2D eigenvalue weighted by Gasteiger charge is -1.96. The van der Waals surface area contributed by atoms with Gasteiger partial charge in [-0.25, -0.2) is 0 Å². The summed E-state index contributed by atoms with van der Waals surface area (Å²) in [6.45, 7) is 0. The number of nitriles is 1. The molecule has 2 rings (SSSR count). The number of aromatic nitrogens is 1. The second-order valence-corrected chi connectivity index (χ2v) is 2.88. The molecule has 0 aliphatic heterocycles. The molecule has 0 saturated carbocycles. The average Bonchev–Trinajstić information content (AvgIpc) is 2.61. The highest BCUT2D eigenvalue weighted by Gasteiger charge is 2.08. The maximum absolute atomic E-state index is 12.9. The Balaban J connectivity index is 2.58. The minimum absolute atomic E-state index is 0.328. The molecule has 0 amide bonds. The summed E-state index contributed by atoms with van der Waals surface area (Å²) in [7, 11) is 0. The molecule has 1 N–H and O–H groups in total. The Labute approximate surface area is 80.6 Å². The van der Waals surface area contributed by atoms with Gasteiger partial charge in [0.2, 0.25) is 0 Å². The van der Waals surface area contributed by atoms with Crippen LogP contribution in [0.15, 0.2) is 36.4 Å². The highest BCUT2D eigenvalue weighted by atomic mass is 19.1. The maximum Gasteiger partial charge on any atom is 0.192 e. The minimum atomic E-state index is -0.486. The molecule has 1 aromatic carbocycles. The highest BCUT2D eigenvalue weighted by molar-refractivity contribution is 5.66. The van der Waals surface area contributed by atoms with Crippen molar-refractivity contribution in [1.29, 1.82) is 5.26 Å². The minimum Gasteiger partial charge on any atom is -0.330 e. The van der Waals surface area contributed by atoms with E-state index in [4.69, 9.17) is 5.26 Å². The molecule has 1 aromatic heterocycles. The standard InChI is InChI=1S/C11H7FN2/c12-10-6-9(7-13)11(14-10)8-4-2-1-3-5-8/h1-6,14H. The third-order valence-electron chi connectivity index (χ3n) is 1.97. The first kappa shape index (κ1) is 8.52. The van der Waals surface area contributed by atoms with Gasteiger partial charge in [-0.3, -0.25) is 0 Å². The molecular formula is C11H7FN2. The number of halogens is 1. The van der Waals surface area contributed by atoms with E-state index >= 15 is 0 Å². The lowest BCUT2D eigenvalue weighted by molar-refractivity contribution is 0.592. The van der Waals surface area contributed by atoms with Crippen LogP contribution in [0.25, 0.3) is 11.3 Å². The quantitative estimate of drug-likeness (QED) is 0.730. The van der Waals surface area contributed by atoms with E-state index < -0.39 is 5.95 Å². The molecule has 0 saturated heterocycles. The van der Waals surface area contributed by atoms with Gasteiger partial charge in [-0.2, -0.15) is 9.65 Å². The molecule has 0 atom stereocenters. The lowest BCUT2D eigenvalue weighted by Crippen LogP contribution is -1.80. The van der Waals surface area contributed by atoms with Gasteiger partial charge >= 0.3 is 0 Å². The van der Waals surface area contributed by atoms with Crippen molar-refractivity contribution in [2.45, 2.75) is 0 Å². The van der Waals surface area contributed by atoms with Gasteiger partial charge in [0.15, 0.2) is 5.95 Å². The molecular weight excluding hydrogens is 179 g/mol. The van der Waals surface area contributed by atoms with Crippen molar-refractivity contribution in [2.75, 3.05) is 0 Å². The Hall–Kier alpha value is -2.08. The van der Waals surface area contributed by atoms with Crippen molar-refractivity contribution >= 4 is 0 Å². The van der Waals surface area contributed by atoms with Gasteiger partial charge in [0.1, 0.15) is 6.07 Å². The van der Waals surface area contributed by atoms with E-state index in [0.29, 0.717) is 11.3 Å². The summed E-state index contributed by atoms with van der Waals surface area (Å²) in [6, 6.07) is 12.3. The summed E-state index contributed by atoms with van der Waals surface area (Å²) in [5, 5.41) is 8.76. The highest BCUT2D eigenvalue weighted by Crippen LogP contribution is 2.22. The first-order valence-electron chi connectivity index (χ1n) is 4.15. The second kappa shape index (κ2) is 3.35. The summed E-state index contributed by atoms with van der Waals surface area (Å²) in [4.78, 5) is 2.52. The van der Waals surface area contributed by atoms with Crippen molar-refractivity contribution in [3.05, 3.63) is 47.9 Å². The van der Waals surface area contributed by atoms with E-state index in [9.17, 15) is 4.39 Å². The van der Waals surface area contributed by atoms with E-state index in [1.165, 1.54) is 6.07 Å². The number of nitrogens with one attached hydrogen (secondary N) is 1. The topological polar surface area (TPSA) is 39.6 Å². The van der Waals surface area contributed by atoms with Crippen LogP contribution in [0.1, 0.15) is 5.56 Å². The Morgan fingerprint density at radius 2 is 1.93 bits per heavy atom. The van der Waals surface area contributed by atoms with Crippen LogP contribution >= 0.6 is 0 Å². The molecule has 0 bridgehead atoms. The first-order valence-corrected chi connectivity index (χ1v) is 4.15. The van der Waals surface area contributed by atoms with E-state index in [2.05, 4.69) is 4.98 Å². The first-order chi connectivity index (χ1) is 6.81. The number of rotatable bonds is 1. The van der Waals surface area contributed by atoms with Crippen LogP contribution in [0.5, 0.6) is 0 Å². The van der Waals surface area contributed by atoms with Crippen molar-refractivity contribution in [2.24, 2.45) is 0 Å². The predicted octanol–water partition coefficient (Wildman–Crippen LogP) is 2.69. The van der Waals surface area contributed by atoms with E-state index in [1.54, 1.807) is 0 Å². The third-order valence-corrected chi connectivity index (χ3v) is 1.97. The number of aromatic amines is 1. The Morgan fingerprint density at radius 3 is 2.57 bits per heavy atom. The molecule has 14 heavy (non-hydrogen) atoms. The van der Waals surface area contributed by atoms with Gasteiger partial charge in [-0.05, 0) is 5.56 Å². The summed E-state index contributed by atoms with van der Waals surface area (Å²) in [5.41, 5.74) is 1.67. The molecule has 2 aromatic rings. The summed E-state index contributed by atoms with van der Waals surface area (Å²) >= 11 is 0. The normalized spacial score (nSPS) is 9.71. The van der Waals surface area contributed by atoms with Crippen LogP contribution in [-0.2, 0) is 0 Å². The van der Waals surface area contributed by atoms with Crippen LogP contribution in [0.4, 0.5) is 4.39 Å². The summed E-state index contributed by atoms with van der Waals surface area (Å²) < 4.78 is 12.9. The smallest absolute Gasteiger partial charge is 0.192 e. The number of hydrogen-bond donors (Lipinski definition) is 1. The van der Waals surface area contributed by atoms with Crippen LogP contribution in [-0.4, -0.2) is 4.98 Å². The van der Waals surface area contributed by atoms with Crippen LogP contribution in [0.2, 0.25) is 0 Å². The monoisotopic (exact) mass is 186 g/mol. The lowest BCUT2D eigenvalue weighted by atomic mass is 10.1. The van der Waals surface area contributed by atoms with E-state index in [0.717, 1.165) is 5.56 Å². The number of hydrogen-bond acceptors (Lipinski definition) is 1. The summed E-state index contributed by atoms with van der Waals surface area (Å²) in [5.74, 6) is -0.486. The van der Waals surface area contributed by atoms with Gasteiger partial charge in [0.25, 0.3) is 0 Å². The van der Waals surface area contributed by atoms with Crippen molar-refractivity contribution in [3.8, 4) is 17.3 Å². The largest absolute Gasteiger partial charge is 0.330 e. The van der Waals surface area contributed by atoms with Crippen LogP contribution in [0, 0.1) is 17.3 Å². The van der Waals surface area contributed by atoms with Crippen LogP contribution < -0.4 is 0 Å². The molecule has 1 heterocycles. The predicted molar refractivity (Wildman–Crippen MR) is 50.9 cm³/mol. The Kier molecular flexibility index (Phi) is 2.04. The zero-order valence-electron chi connectivity index (χ0n) is 7.29. The molecule has 0 unspecified atom stereocenters. The number of H-pyrrole nitrogens is 1. The Bertz CT molecular complexity index is 480. The Morgan fingerprint density at radius 1 is 1.21 bits per heavy atom. The molecule has 68 valence electrons. The summed E-state index contributed by atoms with van der Waals surface area (Å²) in [6.07, 6.45) is 0. The fraction of sp³-hybridized carbons (Fsp3) is 0. The molecule has 0 aliphatic rings. The molecule has 2 nitrogen and oxygen atoms in total. The fourth-order valence-corrected chi connectivity index (χ4v) is 1.34. The van der Waals surface area contributed by atoms with Gasteiger partial charge in [0, 0.05) is 6.07 Å². The number of nitrogens with zero attached hydrogens (tertiary/aromatic N) is 1.